The van der Waals surface area contributed by atoms with Crippen molar-refractivity contribution in [3.8, 4) is 0 Å². The highest BCUT2D eigenvalue weighted by atomic mass is 31.2. The number of hydrogen-bond acceptors (Lipinski definition) is 6. The fraction of sp³-hybridized carbons (Fsp3) is 0.615. The zero-order valence-electron chi connectivity index (χ0n) is 12.1. The Hall–Kier alpha value is -1.10. The van der Waals surface area contributed by atoms with E-state index in [1.165, 1.54) is 0 Å². The molecule has 1 rings (SSSR count). The summed E-state index contributed by atoms with van der Waals surface area (Å²) >= 11 is 0. The minimum absolute atomic E-state index is 0.0152. The number of rotatable bonds is 8. The van der Waals surface area contributed by atoms with Crippen LogP contribution in [-0.2, 0) is 18.3 Å². The minimum atomic E-state index is -3.20. The zero-order valence-corrected chi connectivity index (χ0v) is 13.0. The van der Waals surface area contributed by atoms with E-state index in [-0.39, 0.29) is 12.3 Å². The van der Waals surface area contributed by atoms with Crippen molar-refractivity contribution in [2.45, 2.75) is 27.2 Å². The van der Waals surface area contributed by atoms with Gasteiger partial charge in [-0.25, -0.2) is 0 Å². The summed E-state index contributed by atoms with van der Waals surface area (Å²) in [6.07, 6.45) is 5.99. The molecule has 1 atom stereocenters. The maximum Gasteiger partial charge on any atom is 0.367 e. The molecule has 1 unspecified atom stereocenters. The SMILES string of the molecule is CCOP(=O)(COC1=CC=CC(/C(C)=N\O)C1)OCC. The number of allylic oxidation sites excluding steroid dienone is 4. The molecule has 0 saturated heterocycles. The van der Waals surface area contributed by atoms with Crippen molar-refractivity contribution in [3.05, 3.63) is 24.0 Å². The lowest BCUT2D eigenvalue weighted by Crippen LogP contribution is -2.14. The van der Waals surface area contributed by atoms with E-state index in [1.807, 2.05) is 12.2 Å². The first-order valence-corrected chi connectivity index (χ1v) is 8.34. The predicted molar refractivity (Wildman–Crippen MR) is 77.0 cm³/mol. The third kappa shape index (κ3) is 5.12. The Morgan fingerprint density at radius 3 is 2.65 bits per heavy atom. The molecule has 6 nitrogen and oxygen atoms in total. The molecular weight excluding hydrogens is 281 g/mol. The summed E-state index contributed by atoms with van der Waals surface area (Å²) in [5.41, 5.74) is 0.605. The second-order valence-electron chi connectivity index (χ2n) is 4.29. The maximum absolute atomic E-state index is 12.2. The van der Waals surface area contributed by atoms with Gasteiger partial charge in [0.25, 0.3) is 0 Å². The first-order chi connectivity index (χ1) is 9.54. The van der Waals surface area contributed by atoms with Crippen LogP contribution in [0.25, 0.3) is 0 Å². The third-order valence-corrected chi connectivity index (χ3v) is 4.55. The van der Waals surface area contributed by atoms with Crippen LogP contribution in [0.15, 0.2) is 29.1 Å². The predicted octanol–water partition coefficient (Wildman–Crippen LogP) is 3.54. The summed E-state index contributed by atoms with van der Waals surface area (Å²) < 4.78 is 28.1. The van der Waals surface area contributed by atoms with Gasteiger partial charge < -0.3 is 19.0 Å². The van der Waals surface area contributed by atoms with E-state index in [1.54, 1.807) is 26.8 Å². The van der Waals surface area contributed by atoms with Crippen LogP contribution in [0.5, 0.6) is 0 Å². The summed E-state index contributed by atoms with van der Waals surface area (Å²) in [6.45, 7) is 5.86. The van der Waals surface area contributed by atoms with E-state index < -0.39 is 7.60 Å². The highest BCUT2D eigenvalue weighted by Crippen LogP contribution is 2.48. The lowest BCUT2D eigenvalue weighted by Gasteiger charge is -2.21. The Labute approximate surface area is 119 Å². The van der Waals surface area contributed by atoms with Gasteiger partial charge in [0.2, 0.25) is 0 Å². The fourth-order valence-corrected chi connectivity index (χ4v) is 3.12. The number of ether oxygens (including phenoxy) is 1. The second-order valence-corrected chi connectivity index (χ2v) is 6.29. The molecule has 0 aliphatic heterocycles. The molecule has 20 heavy (non-hydrogen) atoms. The third-order valence-electron chi connectivity index (χ3n) is 2.80. The number of nitrogens with zero attached hydrogens (tertiary/aromatic N) is 1. The average molecular weight is 303 g/mol. The van der Waals surface area contributed by atoms with Gasteiger partial charge in [0.05, 0.1) is 24.7 Å². The van der Waals surface area contributed by atoms with E-state index in [2.05, 4.69) is 5.16 Å². The van der Waals surface area contributed by atoms with Crippen LogP contribution in [0, 0.1) is 5.92 Å². The lowest BCUT2D eigenvalue weighted by atomic mass is 9.95. The van der Waals surface area contributed by atoms with Crippen LogP contribution >= 0.6 is 7.60 Å². The Kier molecular flexibility index (Phi) is 6.99. The molecule has 1 aliphatic carbocycles. The van der Waals surface area contributed by atoms with Crippen LogP contribution in [0.4, 0.5) is 0 Å². The summed E-state index contributed by atoms with van der Waals surface area (Å²) in [5, 5.41) is 12.0. The molecule has 0 spiro atoms. The molecule has 0 heterocycles. The molecule has 1 N–H and O–H groups in total. The van der Waals surface area contributed by atoms with Crippen molar-refractivity contribution in [1.82, 2.24) is 0 Å². The van der Waals surface area contributed by atoms with Gasteiger partial charge in [0.1, 0.15) is 0 Å². The smallest absolute Gasteiger partial charge is 0.367 e. The van der Waals surface area contributed by atoms with Gasteiger partial charge in [-0.3, -0.25) is 4.57 Å². The van der Waals surface area contributed by atoms with E-state index >= 15 is 0 Å². The topological polar surface area (TPSA) is 77.4 Å². The molecule has 1 aliphatic rings. The summed E-state index contributed by atoms with van der Waals surface area (Å²) in [4.78, 5) is 0. The van der Waals surface area contributed by atoms with Crippen LogP contribution in [0.1, 0.15) is 27.2 Å². The Morgan fingerprint density at radius 1 is 1.45 bits per heavy atom. The monoisotopic (exact) mass is 303 g/mol. The van der Waals surface area contributed by atoms with Crippen LogP contribution in [0.3, 0.4) is 0 Å². The maximum atomic E-state index is 12.2. The summed E-state index contributed by atoms with van der Waals surface area (Å²) in [7, 11) is -3.20. The van der Waals surface area contributed by atoms with E-state index in [0.29, 0.717) is 31.1 Å². The van der Waals surface area contributed by atoms with Crippen molar-refractivity contribution in [2.75, 3.05) is 19.6 Å². The van der Waals surface area contributed by atoms with Gasteiger partial charge in [0.15, 0.2) is 6.35 Å². The normalized spacial score (nSPS) is 19.9. The first kappa shape index (κ1) is 17.0. The van der Waals surface area contributed by atoms with Crippen LogP contribution in [0.2, 0.25) is 0 Å². The highest BCUT2D eigenvalue weighted by molar-refractivity contribution is 7.53. The molecule has 0 radical (unpaired) electrons. The molecule has 0 saturated carbocycles. The molecule has 0 bridgehead atoms. The molecule has 0 fully saturated rings. The minimum Gasteiger partial charge on any atom is -0.485 e. The molecule has 0 amide bonds. The Balaban J connectivity index is 2.59. The summed E-state index contributed by atoms with van der Waals surface area (Å²) in [6, 6.07) is 0. The van der Waals surface area contributed by atoms with Gasteiger partial charge in [-0.2, -0.15) is 0 Å². The molecular formula is C13H22NO5P. The molecule has 0 aromatic rings. The Morgan fingerprint density at radius 2 is 2.10 bits per heavy atom. The van der Waals surface area contributed by atoms with Crippen LogP contribution < -0.4 is 0 Å². The van der Waals surface area contributed by atoms with Crippen molar-refractivity contribution in [1.29, 1.82) is 0 Å². The standard InChI is InChI=1S/C13H22NO5P/c1-4-18-20(16,19-5-2)10-17-13-8-6-7-12(9-13)11(3)14-15/h6-8,12,15H,4-5,9-10H2,1-3H3/b14-11-. The fourth-order valence-electron chi connectivity index (χ4n) is 1.79. The molecule has 0 aromatic heterocycles. The molecule has 0 aromatic carbocycles. The number of hydrogen-bond donors (Lipinski definition) is 1. The largest absolute Gasteiger partial charge is 0.485 e. The van der Waals surface area contributed by atoms with Gasteiger partial charge in [-0.15, -0.1) is 0 Å². The second kappa shape index (κ2) is 8.25. The lowest BCUT2D eigenvalue weighted by molar-refractivity contribution is 0.167. The number of oxime groups is 1. The highest BCUT2D eigenvalue weighted by Gasteiger charge is 2.26. The first-order valence-electron chi connectivity index (χ1n) is 6.61. The van der Waals surface area contributed by atoms with Crippen molar-refractivity contribution >= 4 is 13.3 Å². The van der Waals surface area contributed by atoms with E-state index in [9.17, 15) is 4.57 Å². The van der Waals surface area contributed by atoms with E-state index in [0.717, 1.165) is 0 Å². The molecule has 7 heteroatoms. The average Bonchev–Trinajstić information content (AvgIpc) is 2.45. The van der Waals surface area contributed by atoms with E-state index in [4.69, 9.17) is 19.0 Å². The van der Waals surface area contributed by atoms with Gasteiger partial charge in [-0.1, -0.05) is 17.3 Å². The quantitative estimate of drug-likeness (QED) is 0.321. The van der Waals surface area contributed by atoms with Crippen LogP contribution in [-0.4, -0.2) is 30.5 Å². The van der Waals surface area contributed by atoms with Gasteiger partial charge in [0, 0.05) is 12.3 Å². The Bertz CT molecular complexity index is 434. The summed E-state index contributed by atoms with van der Waals surface area (Å²) in [5.74, 6) is 0.652. The molecule has 114 valence electrons. The van der Waals surface area contributed by atoms with Crippen molar-refractivity contribution in [2.24, 2.45) is 11.1 Å². The van der Waals surface area contributed by atoms with Crippen molar-refractivity contribution < 1.29 is 23.6 Å². The zero-order chi connectivity index (χ0) is 15.0. The van der Waals surface area contributed by atoms with Gasteiger partial charge >= 0.3 is 7.60 Å². The van der Waals surface area contributed by atoms with Crippen molar-refractivity contribution in [3.63, 3.8) is 0 Å². The van der Waals surface area contributed by atoms with Gasteiger partial charge in [-0.05, 0) is 26.8 Å².